The largest absolute Gasteiger partial charge is 0.395 e. The van der Waals surface area contributed by atoms with Crippen molar-refractivity contribution in [3.05, 3.63) is 75.3 Å². The Balaban J connectivity index is 1.52. The molecule has 31 heavy (non-hydrogen) atoms. The first kappa shape index (κ1) is 21.9. The quantitative estimate of drug-likeness (QED) is 0.272. The number of nitro benzene ring substituents is 1. The monoisotopic (exact) mass is 426 g/mol. The summed E-state index contributed by atoms with van der Waals surface area (Å²) in [6, 6.07) is 12.6. The van der Waals surface area contributed by atoms with Gasteiger partial charge in [-0.25, -0.2) is 4.79 Å². The van der Waals surface area contributed by atoms with Crippen LogP contribution in [0.4, 0.5) is 10.5 Å². The van der Waals surface area contributed by atoms with E-state index in [1.165, 1.54) is 17.0 Å². The van der Waals surface area contributed by atoms with Crippen LogP contribution in [0.15, 0.2) is 48.5 Å². The van der Waals surface area contributed by atoms with Crippen molar-refractivity contribution < 1.29 is 24.4 Å². The van der Waals surface area contributed by atoms with Gasteiger partial charge in [0, 0.05) is 38.3 Å². The zero-order chi connectivity index (χ0) is 22.4. The first-order valence-electron chi connectivity index (χ1n) is 9.74. The molecule has 0 bridgehead atoms. The first-order valence-corrected chi connectivity index (χ1v) is 9.74. The van der Waals surface area contributed by atoms with E-state index in [0.717, 1.165) is 16.5 Å². The lowest BCUT2D eigenvalue weighted by atomic mass is 10.1. The Labute approximate surface area is 178 Å². The molecule has 0 aromatic heterocycles. The molecule has 4 amide bonds. The molecule has 1 aliphatic rings. The number of carbonyl (C=O) groups is 3. The Kier molecular flexibility index (Phi) is 6.93. The van der Waals surface area contributed by atoms with Gasteiger partial charge in [-0.1, -0.05) is 30.3 Å². The summed E-state index contributed by atoms with van der Waals surface area (Å²) >= 11 is 0. The number of carbonyl (C=O) groups excluding carboxylic acids is 3. The molecule has 2 aromatic carbocycles. The molecule has 162 valence electrons. The maximum Gasteiger partial charge on any atom is 0.317 e. The first-order chi connectivity index (χ1) is 14.9. The van der Waals surface area contributed by atoms with Gasteiger partial charge >= 0.3 is 6.03 Å². The minimum absolute atomic E-state index is 0.0141. The number of benzene rings is 2. The SMILES string of the molecule is O=C(NCCCN1C(=O)c2ccc([N+](=O)[O-])cc2C1=O)N(CCO)Cc1ccccc1. The number of hydrogen-bond acceptors (Lipinski definition) is 6. The zero-order valence-corrected chi connectivity index (χ0v) is 16.7. The third-order valence-electron chi connectivity index (χ3n) is 4.87. The Bertz CT molecular complexity index is 995. The van der Waals surface area contributed by atoms with E-state index in [1.54, 1.807) is 0 Å². The molecular formula is C21H22N4O6. The summed E-state index contributed by atoms with van der Waals surface area (Å²) in [6.07, 6.45) is 0.317. The van der Waals surface area contributed by atoms with Gasteiger partial charge in [0.15, 0.2) is 0 Å². The lowest BCUT2D eigenvalue weighted by Gasteiger charge is -2.22. The van der Waals surface area contributed by atoms with Gasteiger partial charge in [0.25, 0.3) is 17.5 Å². The van der Waals surface area contributed by atoms with Crippen LogP contribution in [0.25, 0.3) is 0 Å². The van der Waals surface area contributed by atoms with Crippen LogP contribution in [-0.2, 0) is 6.54 Å². The summed E-state index contributed by atoms with van der Waals surface area (Å²) in [6.45, 7) is 0.603. The number of amides is 4. The van der Waals surface area contributed by atoms with Crippen molar-refractivity contribution in [1.82, 2.24) is 15.1 Å². The molecule has 0 saturated carbocycles. The minimum Gasteiger partial charge on any atom is -0.395 e. The van der Waals surface area contributed by atoms with E-state index in [1.807, 2.05) is 30.3 Å². The van der Waals surface area contributed by atoms with E-state index in [9.17, 15) is 29.6 Å². The summed E-state index contributed by atoms with van der Waals surface area (Å²) in [7, 11) is 0. The third kappa shape index (κ3) is 5.04. The molecule has 0 saturated heterocycles. The van der Waals surface area contributed by atoms with Gasteiger partial charge in [0.05, 0.1) is 22.7 Å². The highest BCUT2D eigenvalue weighted by Crippen LogP contribution is 2.26. The van der Waals surface area contributed by atoms with Crippen LogP contribution in [0.5, 0.6) is 0 Å². The van der Waals surface area contributed by atoms with Gasteiger partial charge in [-0.2, -0.15) is 0 Å². The number of rotatable bonds is 9. The van der Waals surface area contributed by atoms with E-state index >= 15 is 0 Å². The second-order valence-corrected chi connectivity index (χ2v) is 6.97. The van der Waals surface area contributed by atoms with Crippen LogP contribution in [0.1, 0.15) is 32.7 Å². The molecule has 2 N–H and O–H groups in total. The molecule has 0 unspecified atom stereocenters. The lowest BCUT2D eigenvalue weighted by molar-refractivity contribution is -0.384. The summed E-state index contributed by atoms with van der Waals surface area (Å²) < 4.78 is 0. The predicted molar refractivity (Wildman–Crippen MR) is 110 cm³/mol. The van der Waals surface area contributed by atoms with Gasteiger partial charge in [-0.3, -0.25) is 24.6 Å². The number of nitrogens with zero attached hydrogens (tertiary/aromatic N) is 3. The maximum absolute atomic E-state index is 12.5. The normalized spacial score (nSPS) is 12.6. The van der Waals surface area contributed by atoms with Crippen molar-refractivity contribution >= 4 is 23.5 Å². The van der Waals surface area contributed by atoms with Crippen LogP contribution in [0, 0.1) is 10.1 Å². The van der Waals surface area contributed by atoms with E-state index in [-0.39, 0.29) is 49.1 Å². The van der Waals surface area contributed by atoms with E-state index in [0.29, 0.717) is 13.0 Å². The molecule has 0 atom stereocenters. The predicted octanol–water partition coefficient (Wildman–Crippen LogP) is 1.79. The van der Waals surface area contributed by atoms with Crippen molar-refractivity contribution in [2.75, 3.05) is 26.2 Å². The van der Waals surface area contributed by atoms with Gasteiger partial charge in [0.1, 0.15) is 0 Å². The molecule has 10 heteroatoms. The fourth-order valence-electron chi connectivity index (χ4n) is 3.32. The standard InChI is InChI=1S/C21H22N4O6/c26-12-11-23(14-15-5-2-1-3-6-15)21(29)22-9-4-10-24-19(27)17-8-7-16(25(30)31)13-18(17)20(24)28/h1-3,5-8,13,26H,4,9-12,14H2,(H,22,29). The molecule has 0 aliphatic carbocycles. The van der Waals surface area contributed by atoms with Crippen molar-refractivity contribution in [2.24, 2.45) is 0 Å². The van der Waals surface area contributed by atoms with Crippen molar-refractivity contribution in [1.29, 1.82) is 0 Å². The number of aliphatic hydroxyl groups is 1. The zero-order valence-electron chi connectivity index (χ0n) is 16.7. The number of nitro groups is 1. The van der Waals surface area contributed by atoms with Crippen LogP contribution in [-0.4, -0.2) is 63.9 Å². The lowest BCUT2D eigenvalue weighted by Crippen LogP contribution is -2.42. The van der Waals surface area contributed by atoms with E-state index in [2.05, 4.69) is 5.32 Å². The van der Waals surface area contributed by atoms with Crippen LogP contribution in [0.2, 0.25) is 0 Å². The highest BCUT2D eigenvalue weighted by molar-refractivity contribution is 6.21. The average Bonchev–Trinajstić information content (AvgIpc) is 3.01. The van der Waals surface area contributed by atoms with Gasteiger partial charge < -0.3 is 15.3 Å². The fraction of sp³-hybridized carbons (Fsp3) is 0.286. The van der Waals surface area contributed by atoms with Crippen LogP contribution in [0.3, 0.4) is 0 Å². The second kappa shape index (κ2) is 9.81. The van der Waals surface area contributed by atoms with Gasteiger partial charge in [-0.15, -0.1) is 0 Å². The van der Waals surface area contributed by atoms with Gasteiger partial charge in [-0.05, 0) is 18.1 Å². The number of non-ortho nitro benzene ring substituents is 1. The van der Waals surface area contributed by atoms with Crippen molar-refractivity contribution in [3.8, 4) is 0 Å². The minimum atomic E-state index is -0.621. The number of imide groups is 1. The Morgan fingerprint density at radius 1 is 1.10 bits per heavy atom. The molecular weight excluding hydrogens is 404 g/mol. The Morgan fingerprint density at radius 2 is 1.81 bits per heavy atom. The topological polar surface area (TPSA) is 133 Å². The van der Waals surface area contributed by atoms with Gasteiger partial charge in [0.2, 0.25) is 0 Å². The van der Waals surface area contributed by atoms with E-state index in [4.69, 9.17) is 0 Å². The fourth-order valence-corrected chi connectivity index (χ4v) is 3.32. The summed E-state index contributed by atoms with van der Waals surface area (Å²) in [5.41, 5.74) is 0.819. The number of fused-ring (bicyclic) bond motifs is 1. The summed E-state index contributed by atoms with van der Waals surface area (Å²) in [5.74, 6) is -1.09. The number of hydrogen-bond donors (Lipinski definition) is 2. The van der Waals surface area contributed by atoms with Crippen molar-refractivity contribution in [3.63, 3.8) is 0 Å². The summed E-state index contributed by atoms with van der Waals surface area (Å²) in [5, 5.41) is 22.9. The molecule has 10 nitrogen and oxygen atoms in total. The molecule has 2 aromatic rings. The smallest absolute Gasteiger partial charge is 0.317 e. The maximum atomic E-state index is 12.5. The molecule has 1 aliphatic heterocycles. The van der Waals surface area contributed by atoms with E-state index < -0.39 is 16.7 Å². The molecule has 1 heterocycles. The highest BCUT2D eigenvalue weighted by Gasteiger charge is 2.36. The number of aliphatic hydroxyl groups excluding tert-OH is 1. The van der Waals surface area contributed by atoms with Crippen molar-refractivity contribution in [2.45, 2.75) is 13.0 Å². The van der Waals surface area contributed by atoms with Crippen LogP contribution < -0.4 is 5.32 Å². The van der Waals surface area contributed by atoms with Crippen LogP contribution >= 0.6 is 0 Å². The Hall–Kier alpha value is -3.79. The Morgan fingerprint density at radius 3 is 2.48 bits per heavy atom. The molecule has 0 fully saturated rings. The molecule has 0 spiro atoms. The third-order valence-corrected chi connectivity index (χ3v) is 4.87. The molecule has 3 rings (SSSR count). The highest BCUT2D eigenvalue weighted by atomic mass is 16.6. The number of nitrogens with one attached hydrogen (secondary N) is 1. The second-order valence-electron chi connectivity index (χ2n) is 6.97. The number of urea groups is 1. The summed E-state index contributed by atoms with van der Waals surface area (Å²) in [4.78, 5) is 50.1. The molecule has 0 radical (unpaired) electrons. The average molecular weight is 426 g/mol.